The molecule has 3 rings (SSSR count). The van der Waals surface area contributed by atoms with Gasteiger partial charge in [-0.1, -0.05) is 56.3 Å². The number of nitrogens with one attached hydrogen (secondary N) is 3. The summed E-state index contributed by atoms with van der Waals surface area (Å²) in [5.41, 5.74) is 0.778. The first kappa shape index (κ1) is 39.7. The molecular weight excluding hydrogens is 644 g/mol. The molecular formula is C36H52N6O8. The predicted octanol–water partition coefficient (Wildman–Crippen LogP) is 0.941. The Morgan fingerprint density at radius 2 is 1.56 bits per heavy atom. The summed E-state index contributed by atoms with van der Waals surface area (Å²) in [6.07, 6.45) is 5.82. The maximum absolute atomic E-state index is 14.0. The van der Waals surface area contributed by atoms with Crippen LogP contribution in [0.1, 0.15) is 65.4 Å². The van der Waals surface area contributed by atoms with Gasteiger partial charge in [0.15, 0.2) is 0 Å². The van der Waals surface area contributed by atoms with Crippen LogP contribution in [-0.2, 0) is 44.7 Å². The van der Waals surface area contributed by atoms with Crippen molar-refractivity contribution in [2.24, 2.45) is 5.92 Å². The number of carbonyl (C=O) groups is 7. The zero-order chi connectivity index (χ0) is 36.8. The fourth-order valence-electron chi connectivity index (χ4n) is 6.08. The highest BCUT2D eigenvalue weighted by atomic mass is 16.5. The summed E-state index contributed by atoms with van der Waals surface area (Å²) in [7, 11) is 1.22. The van der Waals surface area contributed by atoms with Gasteiger partial charge in [0, 0.05) is 33.0 Å². The number of ether oxygens (including phenoxy) is 1. The monoisotopic (exact) mass is 696 g/mol. The number of fused-ring (bicyclic) bond motifs is 1. The number of hydrogen-bond donors (Lipinski definition) is 3. The molecule has 1 fully saturated rings. The SMILES string of the molecule is COC(=O)CN1CC/C=C/CCN(C(C)=O)CC(=O)NC(CC(C)C)C(=O)N2CCC[C@H]2C(=O)N[C@@H](C)C(=O)N[C@@H](Cc2ccccc2)C1=O. The van der Waals surface area contributed by atoms with Gasteiger partial charge in [0.1, 0.15) is 30.7 Å². The molecule has 6 amide bonds. The fourth-order valence-corrected chi connectivity index (χ4v) is 6.08. The summed E-state index contributed by atoms with van der Waals surface area (Å²) < 4.78 is 4.84. The molecule has 0 aromatic heterocycles. The minimum Gasteiger partial charge on any atom is -0.468 e. The number of amides is 6. The smallest absolute Gasteiger partial charge is 0.325 e. The third-order valence-electron chi connectivity index (χ3n) is 8.77. The molecule has 2 heterocycles. The van der Waals surface area contributed by atoms with E-state index >= 15 is 0 Å². The third-order valence-corrected chi connectivity index (χ3v) is 8.77. The third kappa shape index (κ3) is 12.0. The first-order chi connectivity index (χ1) is 23.8. The zero-order valence-corrected chi connectivity index (χ0v) is 29.8. The van der Waals surface area contributed by atoms with E-state index < -0.39 is 59.7 Å². The molecule has 0 saturated carbocycles. The highest BCUT2D eigenvalue weighted by Crippen LogP contribution is 2.21. The zero-order valence-electron chi connectivity index (χ0n) is 29.8. The van der Waals surface area contributed by atoms with Crippen molar-refractivity contribution in [3.8, 4) is 0 Å². The standard InChI is InChI=1S/C36H52N6O8/c1-24(2)20-28-36(49)42-19-13-16-30(42)34(47)37-25(3)33(46)39-29(21-27-14-9-8-10-15-27)35(48)41(23-32(45)50-5)18-12-7-6-11-17-40(26(4)43)22-31(44)38-28/h6-10,14-15,24-25,28-30H,11-13,16-23H2,1-5H3,(H,37,47)(H,38,44)(H,39,46)/b7-6+/t25-,28?,29-,30-/m0/s1. The van der Waals surface area contributed by atoms with Crippen molar-refractivity contribution in [3.05, 3.63) is 48.0 Å². The average Bonchev–Trinajstić information content (AvgIpc) is 3.57. The molecule has 1 saturated heterocycles. The summed E-state index contributed by atoms with van der Waals surface area (Å²) in [5, 5.41) is 8.30. The van der Waals surface area contributed by atoms with Crippen LogP contribution in [0.25, 0.3) is 0 Å². The molecule has 0 spiro atoms. The van der Waals surface area contributed by atoms with Crippen LogP contribution >= 0.6 is 0 Å². The Kier molecular flexibility index (Phi) is 15.4. The predicted molar refractivity (Wildman–Crippen MR) is 185 cm³/mol. The Bertz CT molecular complexity index is 1400. The Morgan fingerprint density at radius 3 is 2.20 bits per heavy atom. The van der Waals surface area contributed by atoms with E-state index in [1.807, 2.05) is 56.3 Å². The molecule has 1 aromatic carbocycles. The number of hydrogen-bond acceptors (Lipinski definition) is 8. The maximum atomic E-state index is 14.0. The molecule has 0 radical (unpaired) electrons. The molecule has 50 heavy (non-hydrogen) atoms. The number of methoxy groups -OCH3 is 1. The number of nitrogens with zero attached hydrogens (tertiary/aromatic N) is 3. The van der Waals surface area contributed by atoms with Crippen molar-refractivity contribution < 1.29 is 38.3 Å². The van der Waals surface area contributed by atoms with Gasteiger partial charge in [0.05, 0.1) is 13.7 Å². The van der Waals surface area contributed by atoms with E-state index in [1.165, 1.54) is 35.7 Å². The van der Waals surface area contributed by atoms with Gasteiger partial charge in [-0.3, -0.25) is 33.6 Å². The van der Waals surface area contributed by atoms with Crippen LogP contribution in [0.5, 0.6) is 0 Å². The van der Waals surface area contributed by atoms with Crippen molar-refractivity contribution in [3.63, 3.8) is 0 Å². The van der Waals surface area contributed by atoms with E-state index in [2.05, 4.69) is 16.0 Å². The molecule has 14 nitrogen and oxygen atoms in total. The van der Waals surface area contributed by atoms with Crippen LogP contribution in [0.15, 0.2) is 42.5 Å². The van der Waals surface area contributed by atoms with Gasteiger partial charge in [-0.15, -0.1) is 0 Å². The molecule has 2 aliphatic heterocycles. The first-order valence-corrected chi connectivity index (χ1v) is 17.3. The minimum absolute atomic E-state index is 0.0468. The Morgan fingerprint density at radius 1 is 0.880 bits per heavy atom. The molecule has 274 valence electrons. The van der Waals surface area contributed by atoms with Crippen molar-refractivity contribution in [1.82, 2.24) is 30.7 Å². The lowest BCUT2D eigenvalue weighted by Gasteiger charge is -2.31. The molecule has 3 N–H and O–H groups in total. The van der Waals surface area contributed by atoms with E-state index in [1.54, 1.807) is 0 Å². The van der Waals surface area contributed by atoms with E-state index in [9.17, 15) is 33.6 Å². The van der Waals surface area contributed by atoms with Crippen LogP contribution in [0, 0.1) is 5.92 Å². The van der Waals surface area contributed by atoms with Crippen LogP contribution in [0.2, 0.25) is 0 Å². The second-order valence-corrected chi connectivity index (χ2v) is 13.2. The van der Waals surface area contributed by atoms with Crippen LogP contribution in [0.4, 0.5) is 0 Å². The summed E-state index contributed by atoms with van der Waals surface area (Å²) in [5.74, 6) is -3.41. The topological polar surface area (TPSA) is 175 Å². The van der Waals surface area contributed by atoms with Gasteiger partial charge >= 0.3 is 5.97 Å². The van der Waals surface area contributed by atoms with Gasteiger partial charge in [-0.2, -0.15) is 0 Å². The Balaban J connectivity index is 1.95. The quantitative estimate of drug-likeness (QED) is 0.291. The van der Waals surface area contributed by atoms with Crippen LogP contribution < -0.4 is 16.0 Å². The lowest BCUT2D eigenvalue weighted by molar-refractivity contribution is -0.148. The number of benzene rings is 1. The van der Waals surface area contributed by atoms with Crippen molar-refractivity contribution in [1.29, 1.82) is 0 Å². The lowest BCUT2D eigenvalue weighted by atomic mass is 10.0. The molecule has 0 aliphatic carbocycles. The molecule has 4 atom stereocenters. The Hall–Kier alpha value is -4.75. The van der Waals surface area contributed by atoms with Crippen LogP contribution in [0.3, 0.4) is 0 Å². The Labute approximate surface area is 294 Å². The summed E-state index contributed by atoms with van der Waals surface area (Å²) >= 11 is 0. The molecule has 1 unspecified atom stereocenters. The van der Waals surface area contributed by atoms with Crippen molar-refractivity contribution >= 4 is 41.4 Å². The maximum Gasteiger partial charge on any atom is 0.325 e. The molecule has 2 aliphatic rings. The van der Waals surface area contributed by atoms with Crippen molar-refractivity contribution in [2.45, 2.75) is 90.4 Å². The number of esters is 1. The van der Waals surface area contributed by atoms with Crippen LogP contribution in [-0.4, -0.2) is 120 Å². The molecule has 14 heteroatoms. The van der Waals surface area contributed by atoms with Gasteiger partial charge in [-0.25, -0.2) is 0 Å². The average molecular weight is 697 g/mol. The van der Waals surface area contributed by atoms with Crippen molar-refractivity contribution in [2.75, 3.05) is 39.8 Å². The van der Waals surface area contributed by atoms with E-state index in [-0.39, 0.29) is 44.4 Å². The second kappa shape index (κ2) is 19.4. The van der Waals surface area contributed by atoms with E-state index in [0.29, 0.717) is 38.6 Å². The molecule has 0 bridgehead atoms. The molecule has 1 aromatic rings. The largest absolute Gasteiger partial charge is 0.468 e. The lowest BCUT2D eigenvalue weighted by Crippen LogP contribution is -2.58. The normalized spacial score (nSPS) is 24.4. The summed E-state index contributed by atoms with van der Waals surface area (Å²) in [4.78, 5) is 96.9. The van der Waals surface area contributed by atoms with E-state index in [0.717, 1.165) is 5.56 Å². The minimum atomic E-state index is -1.07. The highest BCUT2D eigenvalue weighted by Gasteiger charge is 2.39. The second-order valence-electron chi connectivity index (χ2n) is 13.2. The summed E-state index contributed by atoms with van der Waals surface area (Å²) in [6, 6.07) is 5.22. The van der Waals surface area contributed by atoms with Gasteiger partial charge in [0.2, 0.25) is 35.4 Å². The van der Waals surface area contributed by atoms with E-state index in [4.69, 9.17) is 4.74 Å². The van der Waals surface area contributed by atoms with Gasteiger partial charge < -0.3 is 35.4 Å². The highest BCUT2D eigenvalue weighted by molar-refractivity contribution is 5.96. The van der Waals surface area contributed by atoms with Gasteiger partial charge in [-0.05, 0) is 50.5 Å². The first-order valence-electron chi connectivity index (χ1n) is 17.3. The fraction of sp³-hybridized carbons (Fsp3) is 0.583. The summed E-state index contributed by atoms with van der Waals surface area (Å²) in [6.45, 7) is 6.81. The number of carbonyl (C=O) groups excluding carboxylic acids is 7. The number of rotatable bonds is 6. The van der Waals surface area contributed by atoms with Gasteiger partial charge in [0.25, 0.3) is 0 Å².